The summed E-state index contributed by atoms with van der Waals surface area (Å²) in [6, 6.07) is 5.84. The Hall–Kier alpha value is -1.59. The first-order valence-electron chi connectivity index (χ1n) is 7.49. The van der Waals surface area contributed by atoms with Crippen molar-refractivity contribution >= 4 is 5.84 Å². The lowest BCUT2D eigenvalue weighted by Gasteiger charge is -2.24. The van der Waals surface area contributed by atoms with E-state index in [0.717, 1.165) is 38.2 Å². The molecule has 0 radical (unpaired) electrons. The highest BCUT2D eigenvalue weighted by Gasteiger charge is 2.19. The van der Waals surface area contributed by atoms with Gasteiger partial charge in [-0.2, -0.15) is 0 Å². The Morgan fingerprint density at radius 3 is 2.90 bits per heavy atom. The highest BCUT2D eigenvalue weighted by Crippen LogP contribution is 2.21. The van der Waals surface area contributed by atoms with Gasteiger partial charge in [0.05, 0.1) is 18.8 Å². The molecule has 2 rings (SSSR count). The third-order valence-electron chi connectivity index (χ3n) is 3.90. The summed E-state index contributed by atoms with van der Waals surface area (Å²) in [5.74, 6) is 0.693. The smallest absolute Gasteiger partial charge is 0.130 e. The van der Waals surface area contributed by atoms with Crippen LogP contribution in [-0.4, -0.2) is 43.6 Å². The van der Waals surface area contributed by atoms with Crippen LogP contribution in [0, 0.1) is 5.41 Å². The Balaban J connectivity index is 2.04. The molecule has 1 aliphatic heterocycles. The van der Waals surface area contributed by atoms with Gasteiger partial charge in [0.1, 0.15) is 11.6 Å². The van der Waals surface area contributed by atoms with Crippen molar-refractivity contribution in [2.45, 2.75) is 32.4 Å². The molecule has 21 heavy (non-hydrogen) atoms. The zero-order valence-electron chi connectivity index (χ0n) is 12.9. The number of hydrogen-bond acceptors (Lipinski definition) is 4. The maximum absolute atomic E-state index is 7.55. The molecule has 1 aromatic rings. The minimum atomic E-state index is 0.0325. The van der Waals surface area contributed by atoms with Gasteiger partial charge in [-0.25, -0.2) is 0 Å². The molecule has 1 heterocycles. The van der Waals surface area contributed by atoms with Crippen molar-refractivity contribution < 1.29 is 9.47 Å². The van der Waals surface area contributed by atoms with Crippen LogP contribution in [0.1, 0.15) is 30.9 Å². The Morgan fingerprint density at radius 1 is 1.52 bits per heavy atom. The van der Waals surface area contributed by atoms with Gasteiger partial charge in [0.25, 0.3) is 0 Å². The number of benzene rings is 1. The van der Waals surface area contributed by atoms with Crippen molar-refractivity contribution in [3.63, 3.8) is 0 Å². The van der Waals surface area contributed by atoms with E-state index in [0.29, 0.717) is 17.4 Å². The topological polar surface area (TPSA) is 71.6 Å². The molecule has 0 saturated carbocycles. The average molecular weight is 291 g/mol. The summed E-state index contributed by atoms with van der Waals surface area (Å²) >= 11 is 0. The Labute approximate surface area is 126 Å². The third-order valence-corrected chi connectivity index (χ3v) is 3.90. The molecular weight excluding hydrogens is 266 g/mol. The molecule has 1 aliphatic rings. The summed E-state index contributed by atoms with van der Waals surface area (Å²) in [5.41, 5.74) is 7.36. The fourth-order valence-corrected chi connectivity index (χ4v) is 2.70. The number of amidine groups is 1. The summed E-state index contributed by atoms with van der Waals surface area (Å²) < 4.78 is 11.0. The van der Waals surface area contributed by atoms with E-state index in [1.807, 2.05) is 18.2 Å². The maximum atomic E-state index is 7.55. The monoisotopic (exact) mass is 291 g/mol. The average Bonchev–Trinajstić information content (AvgIpc) is 2.99. The number of nitrogens with zero attached hydrogens (tertiary/aromatic N) is 1. The summed E-state index contributed by atoms with van der Waals surface area (Å²) in [6.45, 7) is 5.86. The second kappa shape index (κ2) is 7.43. The first-order valence-corrected chi connectivity index (χ1v) is 7.49. The first kappa shape index (κ1) is 15.8. The standard InChI is InChI=1S/C16H25N3O2/c1-3-19(11-13-5-4-8-21-13)10-12-6-7-14(16(17)18)15(9-12)20-2/h6-7,9,13H,3-5,8,10-11H2,1-2H3,(H3,17,18). The number of ether oxygens (including phenoxy) is 2. The quantitative estimate of drug-likeness (QED) is 0.595. The van der Waals surface area contributed by atoms with Crippen molar-refractivity contribution in [1.82, 2.24) is 4.90 Å². The van der Waals surface area contributed by atoms with E-state index in [4.69, 9.17) is 20.6 Å². The fourth-order valence-electron chi connectivity index (χ4n) is 2.70. The van der Waals surface area contributed by atoms with E-state index >= 15 is 0 Å². The number of likely N-dealkylation sites (N-methyl/N-ethyl adjacent to an activating group) is 1. The molecule has 0 aromatic heterocycles. The minimum absolute atomic E-state index is 0.0325. The molecule has 0 aliphatic carbocycles. The van der Waals surface area contributed by atoms with Crippen molar-refractivity contribution in [2.24, 2.45) is 5.73 Å². The minimum Gasteiger partial charge on any atom is -0.496 e. The first-order chi connectivity index (χ1) is 10.1. The van der Waals surface area contributed by atoms with E-state index in [1.165, 1.54) is 6.42 Å². The number of rotatable bonds is 7. The molecule has 0 spiro atoms. The zero-order chi connectivity index (χ0) is 15.2. The van der Waals surface area contributed by atoms with E-state index in [9.17, 15) is 0 Å². The fraction of sp³-hybridized carbons (Fsp3) is 0.562. The van der Waals surface area contributed by atoms with Gasteiger partial charge in [-0.3, -0.25) is 10.3 Å². The second-order valence-corrected chi connectivity index (χ2v) is 5.41. The number of hydrogen-bond donors (Lipinski definition) is 2. The molecule has 1 atom stereocenters. The van der Waals surface area contributed by atoms with Gasteiger partial charge in [-0.1, -0.05) is 13.0 Å². The van der Waals surface area contributed by atoms with Crippen molar-refractivity contribution in [2.75, 3.05) is 26.8 Å². The summed E-state index contributed by atoms with van der Waals surface area (Å²) in [5, 5.41) is 7.55. The van der Waals surface area contributed by atoms with Gasteiger partial charge < -0.3 is 15.2 Å². The van der Waals surface area contributed by atoms with Gasteiger partial charge >= 0.3 is 0 Å². The predicted molar refractivity (Wildman–Crippen MR) is 83.9 cm³/mol. The molecule has 1 saturated heterocycles. The molecular formula is C16H25N3O2. The Kier molecular flexibility index (Phi) is 5.59. The van der Waals surface area contributed by atoms with Crippen LogP contribution in [0.25, 0.3) is 0 Å². The molecule has 0 bridgehead atoms. The third kappa shape index (κ3) is 4.19. The van der Waals surface area contributed by atoms with E-state index in [-0.39, 0.29) is 5.84 Å². The van der Waals surface area contributed by atoms with Crippen LogP contribution >= 0.6 is 0 Å². The molecule has 116 valence electrons. The molecule has 1 aromatic carbocycles. The van der Waals surface area contributed by atoms with Gasteiger partial charge in [0.2, 0.25) is 0 Å². The van der Waals surface area contributed by atoms with Crippen LogP contribution in [0.4, 0.5) is 0 Å². The van der Waals surface area contributed by atoms with Crippen LogP contribution in [-0.2, 0) is 11.3 Å². The van der Waals surface area contributed by atoms with Crippen LogP contribution in [0.2, 0.25) is 0 Å². The highest BCUT2D eigenvalue weighted by atomic mass is 16.5. The van der Waals surface area contributed by atoms with Crippen LogP contribution in [0.3, 0.4) is 0 Å². The van der Waals surface area contributed by atoms with E-state index in [2.05, 4.69) is 11.8 Å². The Bertz CT molecular complexity index is 484. The van der Waals surface area contributed by atoms with Crippen LogP contribution < -0.4 is 10.5 Å². The van der Waals surface area contributed by atoms with E-state index in [1.54, 1.807) is 7.11 Å². The largest absolute Gasteiger partial charge is 0.496 e. The number of methoxy groups -OCH3 is 1. The SMILES string of the molecule is CCN(Cc1ccc(C(=N)N)c(OC)c1)CC1CCCO1. The second-order valence-electron chi connectivity index (χ2n) is 5.41. The zero-order valence-corrected chi connectivity index (χ0v) is 12.9. The molecule has 0 amide bonds. The summed E-state index contributed by atoms with van der Waals surface area (Å²) in [7, 11) is 1.61. The number of nitrogen functional groups attached to an aromatic ring is 1. The van der Waals surface area contributed by atoms with E-state index < -0.39 is 0 Å². The molecule has 1 unspecified atom stereocenters. The van der Waals surface area contributed by atoms with Gasteiger partial charge in [-0.15, -0.1) is 0 Å². The normalized spacial score (nSPS) is 18.1. The highest BCUT2D eigenvalue weighted by molar-refractivity contribution is 5.97. The molecule has 3 N–H and O–H groups in total. The maximum Gasteiger partial charge on any atom is 0.130 e. The molecule has 1 fully saturated rings. The lowest BCUT2D eigenvalue weighted by atomic mass is 10.1. The van der Waals surface area contributed by atoms with Crippen LogP contribution in [0.5, 0.6) is 5.75 Å². The Morgan fingerprint density at radius 2 is 2.33 bits per heavy atom. The lowest BCUT2D eigenvalue weighted by molar-refractivity contribution is 0.0725. The van der Waals surface area contributed by atoms with Gasteiger partial charge in [-0.05, 0) is 37.1 Å². The van der Waals surface area contributed by atoms with Crippen molar-refractivity contribution in [3.05, 3.63) is 29.3 Å². The lowest BCUT2D eigenvalue weighted by Crippen LogP contribution is -2.31. The molecule has 5 heteroatoms. The summed E-state index contributed by atoms with van der Waals surface area (Å²) in [6.07, 6.45) is 2.69. The molecule has 5 nitrogen and oxygen atoms in total. The van der Waals surface area contributed by atoms with Crippen LogP contribution in [0.15, 0.2) is 18.2 Å². The number of nitrogens with one attached hydrogen (secondary N) is 1. The number of nitrogens with two attached hydrogens (primary N) is 1. The predicted octanol–water partition coefficient (Wildman–Crippen LogP) is 1.98. The van der Waals surface area contributed by atoms with Crippen molar-refractivity contribution in [3.8, 4) is 5.75 Å². The van der Waals surface area contributed by atoms with Crippen molar-refractivity contribution in [1.29, 1.82) is 5.41 Å². The van der Waals surface area contributed by atoms with Gasteiger partial charge in [0, 0.05) is 19.7 Å². The summed E-state index contributed by atoms with van der Waals surface area (Å²) in [4.78, 5) is 2.37. The van der Waals surface area contributed by atoms with Gasteiger partial charge in [0.15, 0.2) is 0 Å².